The molecule has 0 radical (unpaired) electrons. The first kappa shape index (κ1) is 13.9. The molecule has 19 heavy (non-hydrogen) atoms. The second-order valence-electron chi connectivity index (χ2n) is 5.57. The number of aryl methyl sites for hydroxylation is 2. The number of nitrogens with zero attached hydrogens (tertiary/aromatic N) is 3. The second-order valence-corrected chi connectivity index (χ2v) is 5.57. The maximum atomic E-state index is 11.8. The van der Waals surface area contributed by atoms with Crippen molar-refractivity contribution in [3.05, 3.63) is 18.2 Å². The topological polar surface area (TPSA) is 67.6 Å². The fraction of sp³-hybridized carbons (Fsp3) is 0.692. The minimum absolute atomic E-state index is 0.451. The summed E-state index contributed by atoms with van der Waals surface area (Å²) in [6, 6.07) is 0. The molecule has 6 heteroatoms. The molecule has 2 rings (SSSR count). The van der Waals surface area contributed by atoms with Crippen LogP contribution < -0.4 is 0 Å². The molecule has 1 aromatic rings. The zero-order valence-corrected chi connectivity index (χ0v) is 11.9. The van der Waals surface area contributed by atoms with Gasteiger partial charge in [0.05, 0.1) is 0 Å². The fourth-order valence-electron chi connectivity index (χ4n) is 2.22. The van der Waals surface area contributed by atoms with Crippen LogP contribution in [0.1, 0.15) is 33.0 Å². The number of aliphatic hydroxyl groups is 1. The van der Waals surface area contributed by atoms with Gasteiger partial charge in [-0.15, -0.1) is 0 Å². The van der Waals surface area contributed by atoms with Crippen LogP contribution in [-0.2, 0) is 11.3 Å². The van der Waals surface area contributed by atoms with Gasteiger partial charge in [-0.25, -0.2) is 9.78 Å². The maximum absolute atomic E-state index is 11.8. The summed E-state index contributed by atoms with van der Waals surface area (Å²) in [6.45, 7) is 8.18. The van der Waals surface area contributed by atoms with Crippen molar-refractivity contribution in [3.8, 4) is 0 Å². The average molecular weight is 267 g/mol. The van der Waals surface area contributed by atoms with Gasteiger partial charge in [-0.1, -0.05) is 0 Å². The highest BCUT2D eigenvalue weighted by Gasteiger charge is 2.56. The highest BCUT2D eigenvalue weighted by Crippen LogP contribution is 2.36. The predicted molar refractivity (Wildman–Crippen MR) is 69.5 cm³/mol. The molecule has 1 saturated heterocycles. The lowest BCUT2D eigenvalue weighted by atomic mass is 9.96. The predicted octanol–water partition coefficient (Wildman–Crippen LogP) is 1.52. The normalized spacial score (nSPS) is 25.7. The minimum atomic E-state index is -1.28. The standard InChI is InChI=1S/C13H21N3O3/c1-10-14-6-9-15(10)7-5-8-16-11(17)19-12(2,3)13(16,4)18/h6,9,18H,5,7-8H2,1-4H3. The third-order valence-corrected chi connectivity index (χ3v) is 3.93. The van der Waals surface area contributed by atoms with Crippen LogP contribution in [0.15, 0.2) is 12.4 Å². The first-order valence-corrected chi connectivity index (χ1v) is 6.46. The Balaban J connectivity index is 1.96. The van der Waals surface area contributed by atoms with E-state index < -0.39 is 17.4 Å². The van der Waals surface area contributed by atoms with Crippen LogP contribution in [0.2, 0.25) is 0 Å². The number of hydrogen-bond donors (Lipinski definition) is 1. The van der Waals surface area contributed by atoms with Crippen LogP contribution in [0, 0.1) is 6.92 Å². The summed E-state index contributed by atoms with van der Waals surface area (Å²) in [7, 11) is 0. The molecule has 1 aliphatic heterocycles. The summed E-state index contributed by atoms with van der Waals surface area (Å²) in [6.07, 6.45) is 3.93. The van der Waals surface area contributed by atoms with Crippen LogP contribution in [-0.4, -0.2) is 43.5 Å². The van der Waals surface area contributed by atoms with Gasteiger partial charge in [-0.05, 0) is 34.1 Å². The molecular weight excluding hydrogens is 246 g/mol. The Bertz CT molecular complexity index is 479. The van der Waals surface area contributed by atoms with Crippen molar-refractivity contribution < 1.29 is 14.6 Å². The lowest BCUT2D eigenvalue weighted by Crippen LogP contribution is -2.53. The van der Waals surface area contributed by atoms with Gasteiger partial charge in [0.15, 0.2) is 11.3 Å². The Morgan fingerprint density at radius 1 is 1.37 bits per heavy atom. The molecule has 0 bridgehead atoms. The lowest BCUT2D eigenvalue weighted by Gasteiger charge is -2.34. The molecule has 6 nitrogen and oxygen atoms in total. The van der Waals surface area contributed by atoms with Crippen molar-refractivity contribution >= 4 is 6.09 Å². The lowest BCUT2D eigenvalue weighted by molar-refractivity contribution is -0.127. The number of hydrogen-bond acceptors (Lipinski definition) is 4. The van der Waals surface area contributed by atoms with Crippen molar-refractivity contribution in [2.45, 2.75) is 52.0 Å². The third kappa shape index (κ3) is 2.32. The van der Waals surface area contributed by atoms with E-state index in [9.17, 15) is 9.90 Å². The SMILES string of the molecule is Cc1nccn1CCCN1C(=O)OC(C)(C)C1(C)O. The number of ether oxygens (including phenoxy) is 1. The van der Waals surface area contributed by atoms with E-state index in [1.54, 1.807) is 27.0 Å². The van der Waals surface area contributed by atoms with E-state index in [0.717, 1.165) is 18.8 Å². The number of rotatable bonds is 4. The molecule has 106 valence electrons. The van der Waals surface area contributed by atoms with Crippen LogP contribution in [0.3, 0.4) is 0 Å². The quantitative estimate of drug-likeness (QED) is 0.898. The molecule has 0 aromatic carbocycles. The van der Waals surface area contributed by atoms with Gasteiger partial charge >= 0.3 is 6.09 Å². The van der Waals surface area contributed by atoms with Crippen molar-refractivity contribution in [1.29, 1.82) is 0 Å². The Morgan fingerprint density at radius 3 is 2.53 bits per heavy atom. The van der Waals surface area contributed by atoms with Gasteiger partial charge in [-0.3, -0.25) is 4.90 Å². The minimum Gasteiger partial charge on any atom is -0.438 e. The maximum Gasteiger partial charge on any atom is 0.412 e. The summed E-state index contributed by atoms with van der Waals surface area (Å²) in [4.78, 5) is 17.3. The largest absolute Gasteiger partial charge is 0.438 e. The Kier molecular flexibility index (Phi) is 3.30. The van der Waals surface area contributed by atoms with Crippen molar-refractivity contribution in [1.82, 2.24) is 14.5 Å². The van der Waals surface area contributed by atoms with Gasteiger partial charge in [0.25, 0.3) is 0 Å². The molecule has 0 saturated carbocycles. The molecule has 0 aliphatic carbocycles. The van der Waals surface area contributed by atoms with Gasteiger partial charge in [0.1, 0.15) is 5.82 Å². The zero-order valence-electron chi connectivity index (χ0n) is 11.9. The monoisotopic (exact) mass is 267 g/mol. The summed E-state index contributed by atoms with van der Waals surface area (Å²) < 4.78 is 7.22. The number of amides is 1. The summed E-state index contributed by atoms with van der Waals surface area (Å²) in [5.41, 5.74) is -2.18. The highest BCUT2D eigenvalue weighted by molar-refractivity contribution is 5.72. The van der Waals surface area contributed by atoms with E-state index in [4.69, 9.17) is 4.74 Å². The van der Waals surface area contributed by atoms with Crippen LogP contribution >= 0.6 is 0 Å². The molecule has 1 aromatic heterocycles. The van der Waals surface area contributed by atoms with E-state index in [2.05, 4.69) is 4.98 Å². The highest BCUT2D eigenvalue weighted by atomic mass is 16.6. The summed E-state index contributed by atoms with van der Waals surface area (Å²) in [5.74, 6) is 0.941. The van der Waals surface area contributed by atoms with Crippen molar-refractivity contribution in [3.63, 3.8) is 0 Å². The smallest absolute Gasteiger partial charge is 0.412 e. The van der Waals surface area contributed by atoms with E-state index in [0.29, 0.717) is 6.54 Å². The van der Waals surface area contributed by atoms with Crippen LogP contribution in [0.5, 0.6) is 0 Å². The van der Waals surface area contributed by atoms with Crippen molar-refractivity contribution in [2.24, 2.45) is 0 Å². The molecule has 0 spiro atoms. The number of carbonyl (C=O) groups is 1. The average Bonchev–Trinajstić information content (AvgIpc) is 2.74. The number of aromatic nitrogens is 2. The number of imidazole rings is 1. The molecule has 1 aliphatic rings. The van der Waals surface area contributed by atoms with Crippen LogP contribution in [0.25, 0.3) is 0 Å². The zero-order chi connectivity index (χ0) is 14.3. The van der Waals surface area contributed by atoms with E-state index in [-0.39, 0.29) is 0 Å². The molecule has 1 fully saturated rings. The molecule has 1 amide bonds. The molecule has 1 atom stereocenters. The van der Waals surface area contributed by atoms with E-state index >= 15 is 0 Å². The first-order chi connectivity index (χ1) is 8.75. The number of carbonyl (C=O) groups excluding carboxylic acids is 1. The van der Waals surface area contributed by atoms with Gasteiger partial charge in [0.2, 0.25) is 0 Å². The van der Waals surface area contributed by atoms with Gasteiger partial charge in [-0.2, -0.15) is 0 Å². The van der Waals surface area contributed by atoms with E-state index in [1.165, 1.54) is 4.90 Å². The van der Waals surface area contributed by atoms with Gasteiger partial charge in [0, 0.05) is 25.5 Å². The number of cyclic esters (lactones) is 1. The van der Waals surface area contributed by atoms with Crippen LogP contribution in [0.4, 0.5) is 4.79 Å². The molecular formula is C13H21N3O3. The van der Waals surface area contributed by atoms with Crippen molar-refractivity contribution in [2.75, 3.05) is 6.54 Å². The third-order valence-electron chi connectivity index (χ3n) is 3.93. The summed E-state index contributed by atoms with van der Waals surface area (Å²) >= 11 is 0. The van der Waals surface area contributed by atoms with E-state index in [1.807, 2.05) is 17.7 Å². The summed E-state index contributed by atoms with van der Waals surface area (Å²) in [5, 5.41) is 10.4. The Labute approximate surface area is 113 Å². The second kappa shape index (κ2) is 4.52. The molecule has 1 N–H and O–H groups in total. The van der Waals surface area contributed by atoms with Gasteiger partial charge < -0.3 is 14.4 Å². The Hall–Kier alpha value is -1.56. The molecule has 2 heterocycles. The molecule has 1 unspecified atom stereocenters. The first-order valence-electron chi connectivity index (χ1n) is 6.46. The Morgan fingerprint density at radius 2 is 2.05 bits per heavy atom. The fourth-order valence-corrected chi connectivity index (χ4v) is 2.22.